The molecule has 2 aromatic rings. The van der Waals surface area contributed by atoms with Gasteiger partial charge in [0.2, 0.25) is 0 Å². The lowest BCUT2D eigenvalue weighted by Gasteiger charge is -2.10. The molecule has 0 saturated carbocycles. The number of ether oxygens (including phenoxy) is 1. The van der Waals surface area contributed by atoms with E-state index in [1.165, 1.54) is 18.2 Å². The number of rotatable bonds is 4. The van der Waals surface area contributed by atoms with Crippen molar-refractivity contribution in [3.8, 4) is 5.75 Å². The smallest absolute Gasteiger partial charge is 0.406 e. The molecule has 0 fully saturated rings. The van der Waals surface area contributed by atoms with E-state index in [1.807, 2.05) is 0 Å². The molecule has 0 unspecified atom stereocenters. The number of benzene rings is 1. The largest absolute Gasteiger partial charge is 0.573 e. The van der Waals surface area contributed by atoms with Crippen molar-refractivity contribution in [1.82, 2.24) is 9.97 Å². The summed E-state index contributed by atoms with van der Waals surface area (Å²) in [6, 6.07) is 7.27. The summed E-state index contributed by atoms with van der Waals surface area (Å²) in [5.74, 6) is 0.274. The Labute approximate surface area is 107 Å². The van der Waals surface area contributed by atoms with Gasteiger partial charge in [0, 0.05) is 24.1 Å². The number of nitrogens with zero attached hydrogens (tertiary/aromatic N) is 2. The summed E-state index contributed by atoms with van der Waals surface area (Å²) in [6.07, 6.45) is -1.51. The molecule has 0 aliphatic rings. The second-order valence-corrected chi connectivity index (χ2v) is 3.59. The molecule has 4 nitrogen and oxygen atoms in total. The van der Waals surface area contributed by atoms with Crippen molar-refractivity contribution in [2.45, 2.75) is 12.9 Å². The van der Waals surface area contributed by atoms with Gasteiger partial charge in [-0.15, -0.1) is 13.2 Å². The third kappa shape index (κ3) is 4.46. The average Bonchev–Trinajstić information content (AvgIpc) is 2.36. The zero-order valence-electron chi connectivity index (χ0n) is 9.69. The van der Waals surface area contributed by atoms with Crippen molar-refractivity contribution in [2.24, 2.45) is 0 Å². The maximum atomic E-state index is 12.1. The van der Waals surface area contributed by atoms with Gasteiger partial charge in [-0.25, -0.2) is 9.97 Å². The number of alkyl halides is 3. The molecule has 0 radical (unpaired) electrons. The van der Waals surface area contributed by atoms with Gasteiger partial charge >= 0.3 is 6.36 Å². The Kier molecular flexibility index (Phi) is 3.84. The number of hydrogen-bond donors (Lipinski definition) is 1. The summed E-state index contributed by atoms with van der Waals surface area (Å²) >= 11 is 0. The molecule has 0 spiro atoms. The summed E-state index contributed by atoms with van der Waals surface area (Å²) in [4.78, 5) is 7.98. The molecule has 0 aliphatic carbocycles. The minimum absolute atomic E-state index is 0.272. The fourth-order valence-corrected chi connectivity index (χ4v) is 1.41. The van der Waals surface area contributed by atoms with Crippen LogP contribution in [0.3, 0.4) is 0 Å². The van der Waals surface area contributed by atoms with E-state index in [-0.39, 0.29) is 5.75 Å². The maximum absolute atomic E-state index is 12.1. The third-order valence-corrected chi connectivity index (χ3v) is 2.14. The van der Waals surface area contributed by atoms with Gasteiger partial charge < -0.3 is 10.1 Å². The van der Waals surface area contributed by atoms with E-state index in [0.717, 1.165) is 0 Å². The molecule has 1 aromatic carbocycles. The lowest BCUT2D eigenvalue weighted by atomic mass is 10.3. The van der Waals surface area contributed by atoms with Crippen LogP contribution in [-0.4, -0.2) is 16.3 Å². The number of anilines is 1. The standard InChI is InChI=1S/C12H10F3N3O/c13-12(14,15)19-10-4-1-3-9(7-10)18-8-11-16-5-2-6-17-11/h1-7,18H,8H2. The molecule has 0 saturated heterocycles. The van der Waals surface area contributed by atoms with Crippen molar-refractivity contribution in [2.75, 3.05) is 5.32 Å². The Morgan fingerprint density at radius 1 is 1.11 bits per heavy atom. The summed E-state index contributed by atoms with van der Waals surface area (Å²) in [7, 11) is 0. The summed E-state index contributed by atoms with van der Waals surface area (Å²) in [6.45, 7) is 0.316. The zero-order valence-corrected chi connectivity index (χ0v) is 9.69. The minimum Gasteiger partial charge on any atom is -0.406 e. The van der Waals surface area contributed by atoms with E-state index in [0.29, 0.717) is 18.1 Å². The molecule has 1 aromatic heterocycles. The van der Waals surface area contributed by atoms with Crippen LogP contribution in [0.4, 0.5) is 18.9 Å². The first-order valence-electron chi connectivity index (χ1n) is 5.38. The van der Waals surface area contributed by atoms with Crippen LogP contribution >= 0.6 is 0 Å². The molecule has 0 aliphatic heterocycles. The van der Waals surface area contributed by atoms with Gasteiger partial charge in [0.1, 0.15) is 11.6 Å². The minimum atomic E-state index is -4.69. The first kappa shape index (κ1) is 13.1. The number of nitrogens with one attached hydrogen (secondary N) is 1. The van der Waals surface area contributed by atoms with Gasteiger partial charge in [-0.3, -0.25) is 0 Å². The molecule has 0 amide bonds. The molecule has 0 atom stereocenters. The Balaban J connectivity index is 1.99. The lowest BCUT2D eigenvalue weighted by molar-refractivity contribution is -0.274. The van der Waals surface area contributed by atoms with E-state index < -0.39 is 6.36 Å². The van der Waals surface area contributed by atoms with Gasteiger partial charge in [-0.1, -0.05) is 6.07 Å². The molecule has 100 valence electrons. The van der Waals surface area contributed by atoms with Crippen LogP contribution in [-0.2, 0) is 6.54 Å². The van der Waals surface area contributed by atoms with Gasteiger partial charge in [0.15, 0.2) is 0 Å². The van der Waals surface area contributed by atoms with Crippen molar-refractivity contribution >= 4 is 5.69 Å². The van der Waals surface area contributed by atoms with Crippen LogP contribution in [0, 0.1) is 0 Å². The van der Waals surface area contributed by atoms with E-state index in [4.69, 9.17) is 0 Å². The van der Waals surface area contributed by atoms with Crippen LogP contribution in [0.5, 0.6) is 5.75 Å². The van der Waals surface area contributed by atoms with Crippen molar-refractivity contribution < 1.29 is 17.9 Å². The van der Waals surface area contributed by atoms with Gasteiger partial charge in [0.05, 0.1) is 6.54 Å². The van der Waals surface area contributed by atoms with E-state index in [1.54, 1.807) is 24.5 Å². The second kappa shape index (κ2) is 5.55. The SMILES string of the molecule is FC(F)(F)Oc1cccc(NCc2ncccn2)c1. The Bertz CT molecular complexity index is 531. The highest BCUT2D eigenvalue weighted by Gasteiger charge is 2.31. The molecular formula is C12H10F3N3O. The highest BCUT2D eigenvalue weighted by Crippen LogP contribution is 2.25. The lowest BCUT2D eigenvalue weighted by Crippen LogP contribution is -2.17. The van der Waals surface area contributed by atoms with Gasteiger partial charge in [-0.2, -0.15) is 0 Å². The Hall–Kier alpha value is -2.31. The highest BCUT2D eigenvalue weighted by atomic mass is 19.4. The van der Waals surface area contributed by atoms with Crippen molar-refractivity contribution in [3.63, 3.8) is 0 Å². The van der Waals surface area contributed by atoms with Gasteiger partial charge in [0.25, 0.3) is 0 Å². The summed E-state index contributed by atoms with van der Waals surface area (Å²) in [5.41, 5.74) is 0.495. The molecule has 7 heteroatoms. The van der Waals surface area contributed by atoms with Crippen LogP contribution in [0.25, 0.3) is 0 Å². The van der Waals surface area contributed by atoms with Crippen LogP contribution in [0.15, 0.2) is 42.7 Å². The quantitative estimate of drug-likeness (QED) is 0.926. The Morgan fingerprint density at radius 3 is 2.53 bits per heavy atom. The molecule has 0 bridgehead atoms. The number of halogens is 3. The first-order chi connectivity index (χ1) is 9.03. The predicted octanol–water partition coefficient (Wildman–Crippen LogP) is 2.99. The van der Waals surface area contributed by atoms with E-state index >= 15 is 0 Å². The van der Waals surface area contributed by atoms with E-state index in [2.05, 4.69) is 20.0 Å². The number of hydrogen-bond acceptors (Lipinski definition) is 4. The normalized spacial score (nSPS) is 11.1. The van der Waals surface area contributed by atoms with Crippen LogP contribution in [0.1, 0.15) is 5.82 Å². The van der Waals surface area contributed by atoms with Gasteiger partial charge in [-0.05, 0) is 18.2 Å². The molecule has 1 N–H and O–H groups in total. The maximum Gasteiger partial charge on any atom is 0.573 e. The fourth-order valence-electron chi connectivity index (χ4n) is 1.41. The molecule has 1 heterocycles. The third-order valence-electron chi connectivity index (χ3n) is 2.14. The number of aromatic nitrogens is 2. The average molecular weight is 269 g/mol. The first-order valence-corrected chi connectivity index (χ1v) is 5.38. The van der Waals surface area contributed by atoms with Crippen LogP contribution in [0.2, 0.25) is 0 Å². The van der Waals surface area contributed by atoms with Crippen molar-refractivity contribution in [1.29, 1.82) is 0 Å². The predicted molar refractivity (Wildman–Crippen MR) is 62.5 cm³/mol. The molecule has 2 rings (SSSR count). The second-order valence-electron chi connectivity index (χ2n) is 3.59. The fraction of sp³-hybridized carbons (Fsp3) is 0.167. The topological polar surface area (TPSA) is 47.0 Å². The van der Waals surface area contributed by atoms with Crippen molar-refractivity contribution in [3.05, 3.63) is 48.5 Å². The molecular weight excluding hydrogens is 259 g/mol. The monoisotopic (exact) mass is 269 g/mol. The summed E-state index contributed by atoms with van der Waals surface area (Å²) in [5, 5.41) is 2.91. The molecule has 19 heavy (non-hydrogen) atoms. The zero-order chi connectivity index (χ0) is 13.7. The Morgan fingerprint density at radius 2 is 1.84 bits per heavy atom. The highest BCUT2D eigenvalue weighted by molar-refractivity contribution is 5.48. The van der Waals surface area contributed by atoms with E-state index in [9.17, 15) is 13.2 Å². The summed E-state index contributed by atoms with van der Waals surface area (Å²) < 4.78 is 40.0. The van der Waals surface area contributed by atoms with Crippen LogP contribution < -0.4 is 10.1 Å².